The van der Waals surface area contributed by atoms with E-state index in [4.69, 9.17) is 0 Å². The molecular formula is C10H12N2O. The van der Waals surface area contributed by atoms with Crippen molar-refractivity contribution in [3.63, 3.8) is 0 Å². The van der Waals surface area contributed by atoms with Crippen LogP contribution in [-0.2, 0) is 0 Å². The van der Waals surface area contributed by atoms with E-state index in [1.807, 2.05) is 10.6 Å². The molecule has 0 spiro atoms. The Bertz CT molecular complexity index is 431. The second-order valence-electron chi connectivity index (χ2n) is 3.47. The second kappa shape index (κ2) is 2.76. The molecule has 0 aliphatic heterocycles. The fourth-order valence-electron chi connectivity index (χ4n) is 1.28. The van der Waals surface area contributed by atoms with Gasteiger partial charge >= 0.3 is 0 Å². The van der Waals surface area contributed by atoms with Crippen LogP contribution in [0.25, 0.3) is 5.65 Å². The summed E-state index contributed by atoms with van der Waals surface area (Å²) in [4.78, 5) is 4.41. The van der Waals surface area contributed by atoms with E-state index >= 15 is 0 Å². The van der Waals surface area contributed by atoms with Gasteiger partial charge in [0.1, 0.15) is 11.4 Å². The summed E-state index contributed by atoms with van der Waals surface area (Å²) < 4.78 is 1.84. The largest absolute Gasteiger partial charge is 0.506 e. The predicted molar refractivity (Wildman–Crippen MR) is 50.9 cm³/mol. The Labute approximate surface area is 76.7 Å². The number of hydrogen-bond acceptors (Lipinski definition) is 2. The lowest BCUT2D eigenvalue weighted by atomic mass is 10.2. The van der Waals surface area contributed by atoms with Crippen LogP contribution in [0.15, 0.2) is 24.5 Å². The SMILES string of the molecule is CC(C)c1cn2cc(O)ccc2n1. The number of aromatic hydroxyl groups is 1. The second-order valence-corrected chi connectivity index (χ2v) is 3.47. The van der Waals surface area contributed by atoms with Gasteiger partial charge in [0.25, 0.3) is 0 Å². The number of fused-ring (bicyclic) bond motifs is 1. The molecule has 2 rings (SSSR count). The van der Waals surface area contributed by atoms with Gasteiger partial charge in [-0.3, -0.25) is 0 Å². The highest BCUT2D eigenvalue weighted by atomic mass is 16.3. The van der Waals surface area contributed by atoms with Gasteiger partial charge in [0.15, 0.2) is 0 Å². The molecule has 0 radical (unpaired) electrons. The molecule has 3 heteroatoms. The summed E-state index contributed by atoms with van der Waals surface area (Å²) in [6.45, 7) is 4.20. The van der Waals surface area contributed by atoms with Crippen molar-refractivity contribution in [2.75, 3.05) is 0 Å². The summed E-state index contributed by atoms with van der Waals surface area (Å²) in [5.41, 5.74) is 1.92. The maximum atomic E-state index is 9.23. The molecule has 3 nitrogen and oxygen atoms in total. The van der Waals surface area contributed by atoms with Crippen molar-refractivity contribution in [2.24, 2.45) is 0 Å². The zero-order chi connectivity index (χ0) is 9.42. The molecule has 0 saturated carbocycles. The third-order valence-corrected chi connectivity index (χ3v) is 2.05. The van der Waals surface area contributed by atoms with E-state index < -0.39 is 0 Å². The Morgan fingerprint density at radius 3 is 2.77 bits per heavy atom. The number of pyridine rings is 1. The minimum atomic E-state index is 0.264. The van der Waals surface area contributed by atoms with Crippen molar-refractivity contribution < 1.29 is 5.11 Å². The maximum Gasteiger partial charge on any atom is 0.137 e. The minimum Gasteiger partial charge on any atom is -0.506 e. The first kappa shape index (κ1) is 8.10. The quantitative estimate of drug-likeness (QED) is 0.723. The summed E-state index contributed by atoms with van der Waals surface area (Å²) in [7, 11) is 0. The number of aromatic nitrogens is 2. The molecule has 0 bridgehead atoms. The Morgan fingerprint density at radius 2 is 2.08 bits per heavy atom. The maximum absolute atomic E-state index is 9.23. The highest BCUT2D eigenvalue weighted by molar-refractivity contribution is 5.43. The van der Waals surface area contributed by atoms with E-state index in [-0.39, 0.29) is 5.75 Å². The molecule has 2 heterocycles. The fourth-order valence-corrected chi connectivity index (χ4v) is 1.28. The van der Waals surface area contributed by atoms with Gasteiger partial charge < -0.3 is 9.51 Å². The molecule has 13 heavy (non-hydrogen) atoms. The Morgan fingerprint density at radius 1 is 1.31 bits per heavy atom. The molecule has 0 atom stereocenters. The predicted octanol–water partition coefficient (Wildman–Crippen LogP) is 2.16. The Kier molecular flexibility index (Phi) is 1.72. The molecule has 2 aromatic heterocycles. The van der Waals surface area contributed by atoms with E-state index in [1.54, 1.807) is 18.3 Å². The zero-order valence-electron chi connectivity index (χ0n) is 7.73. The summed E-state index contributed by atoms with van der Waals surface area (Å²) >= 11 is 0. The molecule has 0 fully saturated rings. The van der Waals surface area contributed by atoms with Gasteiger partial charge in [0.05, 0.1) is 11.9 Å². The van der Waals surface area contributed by atoms with Crippen LogP contribution in [0.5, 0.6) is 5.75 Å². The van der Waals surface area contributed by atoms with E-state index in [1.165, 1.54) is 0 Å². The van der Waals surface area contributed by atoms with Crippen molar-refractivity contribution in [2.45, 2.75) is 19.8 Å². The van der Waals surface area contributed by atoms with Crippen LogP contribution in [0.4, 0.5) is 0 Å². The lowest BCUT2D eigenvalue weighted by molar-refractivity contribution is 0.472. The molecule has 0 amide bonds. The lowest BCUT2D eigenvalue weighted by Crippen LogP contribution is -1.84. The van der Waals surface area contributed by atoms with Gasteiger partial charge in [0, 0.05) is 6.20 Å². The number of imidazole rings is 1. The molecule has 2 aromatic rings. The van der Waals surface area contributed by atoms with Crippen LogP contribution < -0.4 is 0 Å². The van der Waals surface area contributed by atoms with E-state index in [0.717, 1.165) is 11.3 Å². The normalized spacial score (nSPS) is 11.3. The van der Waals surface area contributed by atoms with Crippen molar-refractivity contribution in [1.29, 1.82) is 0 Å². The first-order valence-corrected chi connectivity index (χ1v) is 4.34. The Balaban J connectivity index is 2.62. The zero-order valence-corrected chi connectivity index (χ0v) is 7.73. The number of hydrogen-bond donors (Lipinski definition) is 1. The third-order valence-electron chi connectivity index (χ3n) is 2.05. The lowest BCUT2D eigenvalue weighted by Gasteiger charge is -1.94. The van der Waals surface area contributed by atoms with Crippen LogP contribution in [0.2, 0.25) is 0 Å². The van der Waals surface area contributed by atoms with Gasteiger partial charge in [-0.2, -0.15) is 0 Å². The molecule has 0 aliphatic carbocycles. The smallest absolute Gasteiger partial charge is 0.137 e. The minimum absolute atomic E-state index is 0.264. The van der Waals surface area contributed by atoms with Gasteiger partial charge in [-0.1, -0.05) is 13.8 Å². The molecule has 0 aromatic carbocycles. The van der Waals surface area contributed by atoms with Gasteiger partial charge in [0.2, 0.25) is 0 Å². The van der Waals surface area contributed by atoms with Crippen LogP contribution in [-0.4, -0.2) is 14.5 Å². The summed E-state index contributed by atoms with van der Waals surface area (Å²) in [5, 5.41) is 9.23. The molecule has 0 aliphatic rings. The first-order valence-electron chi connectivity index (χ1n) is 4.34. The van der Waals surface area contributed by atoms with Gasteiger partial charge in [-0.25, -0.2) is 4.98 Å². The topological polar surface area (TPSA) is 37.5 Å². The average Bonchev–Trinajstić information content (AvgIpc) is 2.46. The summed E-state index contributed by atoms with van der Waals surface area (Å²) in [6, 6.07) is 3.45. The Hall–Kier alpha value is -1.51. The van der Waals surface area contributed by atoms with Crippen molar-refractivity contribution >= 4 is 5.65 Å². The molecule has 68 valence electrons. The average molecular weight is 176 g/mol. The molecular weight excluding hydrogens is 164 g/mol. The molecule has 0 saturated heterocycles. The number of nitrogens with zero attached hydrogens (tertiary/aromatic N) is 2. The van der Waals surface area contributed by atoms with Crippen molar-refractivity contribution in [3.8, 4) is 5.75 Å². The summed E-state index contributed by atoms with van der Waals surface area (Å²) in [6.07, 6.45) is 3.61. The van der Waals surface area contributed by atoms with E-state index in [0.29, 0.717) is 5.92 Å². The number of rotatable bonds is 1. The van der Waals surface area contributed by atoms with Crippen LogP contribution >= 0.6 is 0 Å². The monoisotopic (exact) mass is 176 g/mol. The van der Waals surface area contributed by atoms with Crippen LogP contribution in [0.1, 0.15) is 25.5 Å². The van der Waals surface area contributed by atoms with Gasteiger partial charge in [-0.15, -0.1) is 0 Å². The van der Waals surface area contributed by atoms with Crippen molar-refractivity contribution in [3.05, 3.63) is 30.2 Å². The molecule has 1 N–H and O–H groups in total. The highest BCUT2D eigenvalue weighted by Crippen LogP contribution is 2.16. The standard InChI is InChI=1S/C10H12N2O/c1-7(2)9-6-12-5-8(13)3-4-10(12)11-9/h3-7,13H,1-2H3. The fraction of sp³-hybridized carbons (Fsp3) is 0.300. The molecule has 0 unspecified atom stereocenters. The van der Waals surface area contributed by atoms with E-state index in [9.17, 15) is 5.11 Å². The van der Waals surface area contributed by atoms with Crippen LogP contribution in [0, 0.1) is 0 Å². The van der Waals surface area contributed by atoms with E-state index in [2.05, 4.69) is 18.8 Å². The first-order chi connectivity index (χ1) is 6.16. The van der Waals surface area contributed by atoms with Crippen molar-refractivity contribution in [1.82, 2.24) is 9.38 Å². The highest BCUT2D eigenvalue weighted by Gasteiger charge is 2.04. The van der Waals surface area contributed by atoms with Crippen LogP contribution in [0.3, 0.4) is 0 Å². The summed E-state index contributed by atoms with van der Waals surface area (Å²) in [5.74, 6) is 0.683. The third kappa shape index (κ3) is 1.37. The van der Waals surface area contributed by atoms with Gasteiger partial charge in [-0.05, 0) is 18.1 Å².